The number of nitrogens with zero attached hydrogens (tertiary/aromatic N) is 1. The van der Waals surface area contributed by atoms with Crippen molar-refractivity contribution in [3.05, 3.63) is 22.3 Å². The lowest BCUT2D eigenvalue weighted by molar-refractivity contribution is 0.0514. The Hall–Kier alpha value is -0.610. The van der Waals surface area contributed by atoms with E-state index in [0.717, 1.165) is 22.3 Å². The van der Waals surface area contributed by atoms with E-state index in [0.29, 0.717) is 12.5 Å². The fourth-order valence-corrected chi connectivity index (χ4v) is 2.40. The Kier molecular flexibility index (Phi) is 4.95. The molecule has 96 valence electrons. The van der Waals surface area contributed by atoms with Crippen molar-refractivity contribution in [3.8, 4) is 0 Å². The number of aryl methyl sites for hydroxylation is 1. The summed E-state index contributed by atoms with van der Waals surface area (Å²) in [7, 11) is 0. The average Bonchev–Trinajstić information content (AvgIpc) is 2.14. The van der Waals surface area contributed by atoms with Gasteiger partial charge in [0.1, 0.15) is 5.82 Å². The molecule has 0 bridgehead atoms. The molecule has 0 radical (unpaired) electrons. The molecule has 4 heteroatoms. The summed E-state index contributed by atoms with van der Waals surface area (Å²) in [5.74, 6) is 1.31. The highest BCUT2D eigenvalue weighted by atomic mass is 79.9. The maximum Gasteiger partial charge on any atom is 0.129 e. The topological polar surface area (TPSA) is 45.2 Å². The lowest BCUT2D eigenvalue weighted by Gasteiger charge is -2.26. The van der Waals surface area contributed by atoms with Crippen molar-refractivity contribution < 1.29 is 5.11 Å². The molecular formula is C13H21BrN2O. The second kappa shape index (κ2) is 5.83. The maximum atomic E-state index is 10.2. The predicted molar refractivity (Wildman–Crippen MR) is 75.2 cm³/mol. The summed E-state index contributed by atoms with van der Waals surface area (Å²) in [5, 5.41) is 13.4. The highest BCUT2D eigenvalue weighted by Crippen LogP contribution is 2.20. The van der Waals surface area contributed by atoms with E-state index in [1.165, 1.54) is 0 Å². The van der Waals surface area contributed by atoms with Crippen LogP contribution in [0.5, 0.6) is 0 Å². The molecule has 0 aliphatic heterocycles. The molecule has 1 unspecified atom stereocenters. The second-order valence-corrected chi connectivity index (χ2v) is 6.18. The van der Waals surface area contributed by atoms with E-state index in [1.54, 1.807) is 6.20 Å². The van der Waals surface area contributed by atoms with Crippen molar-refractivity contribution in [2.45, 2.75) is 39.7 Å². The van der Waals surface area contributed by atoms with Crippen LogP contribution in [0.1, 0.15) is 32.8 Å². The number of nitrogens with one attached hydrogen (secondary N) is 1. The van der Waals surface area contributed by atoms with Gasteiger partial charge in [-0.15, -0.1) is 0 Å². The first-order chi connectivity index (χ1) is 7.80. The molecule has 1 rings (SSSR count). The summed E-state index contributed by atoms with van der Waals surface area (Å²) in [4.78, 5) is 4.29. The lowest BCUT2D eigenvalue weighted by atomic mass is 9.94. The van der Waals surface area contributed by atoms with Crippen molar-refractivity contribution >= 4 is 21.7 Å². The zero-order valence-electron chi connectivity index (χ0n) is 10.9. The molecule has 1 heterocycles. The zero-order valence-corrected chi connectivity index (χ0v) is 12.5. The first kappa shape index (κ1) is 14.5. The number of rotatable bonds is 5. The van der Waals surface area contributed by atoms with Crippen molar-refractivity contribution in [2.24, 2.45) is 5.92 Å². The maximum absolute atomic E-state index is 10.2. The van der Waals surface area contributed by atoms with Crippen LogP contribution in [0.4, 0.5) is 5.82 Å². The van der Waals surface area contributed by atoms with Gasteiger partial charge in [0.2, 0.25) is 0 Å². The van der Waals surface area contributed by atoms with Gasteiger partial charge in [0.05, 0.1) is 5.60 Å². The Balaban J connectivity index is 2.61. The fraction of sp³-hybridized carbons (Fsp3) is 0.615. The van der Waals surface area contributed by atoms with Gasteiger partial charge in [-0.1, -0.05) is 13.8 Å². The smallest absolute Gasteiger partial charge is 0.129 e. The van der Waals surface area contributed by atoms with Gasteiger partial charge in [-0.25, -0.2) is 4.98 Å². The van der Waals surface area contributed by atoms with Gasteiger partial charge in [0.15, 0.2) is 0 Å². The average molecular weight is 301 g/mol. The summed E-state index contributed by atoms with van der Waals surface area (Å²) in [6, 6.07) is 2.01. The third-order valence-electron chi connectivity index (χ3n) is 2.53. The molecule has 1 aromatic heterocycles. The molecule has 2 N–H and O–H groups in total. The van der Waals surface area contributed by atoms with Gasteiger partial charge in [0, 0.05) is 17.2 Å². The van der Waals surface area contributed by atoms with Crippen LogP contribution in [0.3, 0.4) is 0 Å². The summed E-state index contributed by atoms with van der Waals surface area (Å²) in [6.07, 6.45) is 2.53. The Bertz CT molecular complexity index is 378. The number of pyridine rings is 1. The number of halogens is 1. The first-order valence-electron chi connectivity index (χ1n) is 5.88. The summed E-state index contributed by atoms with van der Waals surface area (Å²) in [5.41, 5.74) is 0.370. The first-order valence-corrected chi connectivity index (χ1v) is 6.68. The Labute approximate surface area is 112 Å². The third kappa shape index (κ3) is 5.04. The van der Waals surface area contributed by atoms with E-state index in [2.05, 4.69) is 40.1 Å². The number of hydrogen-bond donors (Lipinski definition) is 2. The van der Waals surface area contributed by atoms with Crippen molar-refractivity contribution in [1.29, 1.82) is 0 Å². The molecule has 0 aromatic carbocycles. The van der Waals surface area contributed by atoms with Crippen LogP contribution in [0.15, 0.2) is 16.7 Å². The van der Waals surface area contributed by atoms with E-state index >= 15 is 0 Å². The monoisotopic (exact) mass is 300 g/mol. The number of aromatic nitrogens is 1. The van der Waals surface area contributed by atoms with E-state index in [-0.39, 0.29) is 0 Å². The van der Waals surface area contributed by atoms with Crippen LogP contribution in [0, 0.1) is 12.8 Å². The Morgan fingerprint density at radius 1 is 1.53 bits per heavy atom. The Morgan fingerprint density at radius 2 is 2.18 bits per heavy atom. The molecule has 0 amide bonds. The van der Waals surface area contributed by atoms with Gasteiger partial charge in [0.25, 0.3) is 0 Å². The normalized spacial score (nSPS) is 14.8. The van der Waals surface area contributed by atoms with Crippen molar-refractivity contribution in [3.63, 3.8) is 0 Å². The zero-order chi connectivity index (χ0) is 13.1. The second-order valence-electron chi connectivity index (χ2n) is 5.27. The molecule has 0 aliphatic rings. The van der Waals surface area contributed by atoms with Gasteiger partial charge in [-0.05, 0) is 53.7 Å². The molecule has 1 aromatic rings. The molecule has 1 atom stereocenters. The standard InChI is InChI=1S/C13H21BrN2O/c1-9(2)6-13(4,17)8-16-12-10(3)5-11(14)7-15-12/h5,7,9,17H,6,8H2,1-4H3,(H,15,16). The quantitative estimate of drug-likeness (QED) is 0.876. The van der Waals surface area contributed by atoms with Crippen LogP contribution in [0.25, 0.3) is 0 Å². The minimum atomic E-state index is -0.699. The van der Waals surface area contributed by atoms with Crippen LogP contribution in [-0.4, -0.2) is 22.2 Å². The van der Waals surface area contributed by atoms with Crippen molar-refractivity contribution in [1.82, 2.24) is 4.98 Å². The molecule has 0 saturated carbocycles. The molecule has 0 aliphatic carbocycles. The van der Waals surface area contributed by atoms with Gasteiger partial charge >= 0.3 is 0 Å². The molecule has 17 heavy (non-hydrogen) atoms. The summed E-state index contributed by atoms with van der Waals surface area (Å²) >= 11 is 3.38. The molecule has 0 fully saturated rings. The third-order valence-corrected chi connectivity index (χ3v) is 2.96. The minimum Gasteiger partial charge on any atom is -0.388 e. The largest absolute Gasteiger partial charge is 0.388 e. The highest BCUT2D eigenvalue weighted by Gasteiger charge is 2.21. The van der Waals surface area contributed by atoms with Crippen LogP contribution >= 0.6 is 15.9 Å². The minimum absolute atomic E-state index is 0.478. The van der Waals surface area contributed by atoms with Crippen LogP contribution in [-0.2, 0) is 0 Å². The van der Waals surface area contributed by atoms with Crippen molar-refractivity contribution in [2.75, 3.05) is 11.9 Å². The summed E-state index contributed by atoms with van der Waals surface area (Å²) in [6.45, 7) is 8.58. The highest BCUT2D eigenvalue weighted by molar-refractivity contribution is 9.10. The van der Waals surface area contributed by atoms with Crippen LogP contribution < -0.4 is 5.32 Å². The van der Waals surface area contributed by atoms with Gasteiger partial charge < -0.3 is 10.4 Å². The van der Waals surface area contributed by atoms with Crippen LogP contribution in [0.2, 0.25) is 0 Å². The number of anilines is 1. The fourth-order valence-electron chi connectivity index (χ4n) is 1.95. The predicted octanol–water partition coefficient (Wildman–Crippen LogP) is 3.36. The number of hydrogen-bond acceptors (Lipinski definition) is 3. The molecule has 0 spiro atoms. The van der Waals surface area contributed by atoms with E-state index in [9.17, 15) is 5.11 Å². The molecule has 3 nitrogen and oxygen atoms in total. The lowest BCUT2D eigenvalue weighted by Crippen LogP contribution is -2.35. The van der Waals surface area contributed by atoms with E-state index in [4.69, 9.17) is 0 Å². The van der Waals surface area contributed by atoms with Gasteiger partial charge in [-0.3, -0.25) is 0 Å². The number of aliphatic hydroxyl groups is 1. The molecular weight excluding hydrogens is 280 g/mol. The SMILES string of the molecule is Cc1cc(Br)cnc1NCC(C)(O)CC(C)C. The summed E-state index contributed by atoms with van der Waals surface area (Å²) < 4.78 is 0.967. The Morgan fingerprint density at radius 3 is 2.71 bits per heavy atom. The van der Waals surface area contributed by atoms with E-state index < -0.39 is 5.60 Å². The molecule has 0 saturated heterocycles. The van der Waals surface area contributed by atoms with E-state index in [1.807, 2.05) is 19.9 Å². The van der Waals surface area contributed by atoms with Gasteiger partial charge in [-0.2, -0.15) is 0 Å².